The van der Waals surface area contributed by atoms with E-state index >= 15 is 0 Å². The van der Waals surface area contributed by atoms with Gasteiger partial charge in [0.25, 0.3) is 5.91 Å². The minimum absolute atomic E-state index is 0.0372. The highest BCUT2D eigenvalue weighted by Gasteiger charge is 2.25. The first-order chi connectivity index (χ1) is 10.7. The molecule has 0 saturated heterocycles. The Morgan fingerprint density at radius 3 is 2.82 bits per heavy atom. The van der Waals surface area contributed by atoms with Crippen molar-refractivity contribution in [2.24, 2.45) is 11.7 Å². The summed E-state index contributed by atoms with van der Waals surface area (Å²) in [5.74, 6) is 0.489. The number of rotatable bonds is 4. The van der Waals surface area contributed by atoms with Crippen molar-refractivity contribution in [1.82, 2.24) is 10.3 Å². The van der Waals surface area contributed by atoms with Crippen LogP contribution in [0.25, 0.3) is 10.9 Å². The number of nitrogens with two attached hydrogens (primary N) is 1. The van der Waals surface area contributed by atoms with E-state index in [0.717, 1.165) is 16.6 Å². The normalized spacial score (nSPS) is 16.8. The summed E-state index contributed by atoms with van der Waals surface area (Å²) < 4.78 is 0. The molecular weight excluding hydrogens is 274 g/mol. The smallest absolute Gasteiger partial charge is 0.251 e. The number of nitrogens with one attached hydrogen (secondary N) is 1. The zero-order valence-corrected chi connectivity index (χ0v) is 13.0. The van der Waals surface area contributed by atoms with Crippen molar-refractivity contribution >= 4 is 16.8 Å². The molecule has 0 spiro atoms. The molecular formula is C18H23N3O. The largest absolute Gasteiger partial charge is 0.348 e. The van der Waals surface area contributed by atoms with Crippen LogP contribution < -0.4 is 11.1 Å². The third-order valence-corrected chi connectivity index (χ3v) is 4.63. The van der Waals surface area contributed by atoms with Gasteiger partial charge in [-0.15, -0.1) is 0 Å². The van der Waals surface area contributed by atoms with Crippen LogP contribution in [0.5, 0.6) is 0 Å². The van der Waals surface area contributed by atoms with Crippen molar-refractivity contribution in [2.75, 3.05) is 6.54 Å². The molecule has 3 N–H and O–H groups in total. The molecule has 0 aliphatic heterocycles. The highest BCUT2D eigenvalue weighted by Crippen LogP contribution is 2.27. The minimum atomic E-state index is -0.0372. The number of fused-ring (bicyclic) bond motifs is 1. The second kappa shape index (κ2) is 6.44. The van der Waals surface area contributed by atoms with E-state index in [4.69, 9.17) is 5.73 Å². The maximum atomic E-state index is 12.5. The Morgan fingerprint density at radius 2 is 2.09 bits per heavy atom. The Bertz CT molecular complexity index is 677. The Labute approximate surface area is 131 Å². The molecule has 1 fully saturated rings. The van der Waals surface area contributed by atoms with Crippen LogP contribution in [0.2, 0.25) is 0 Å². The van der Waals surface area contributed by atoms with Gasteiger partial charge < -0.3 is 11.1 Å². The van der Waals surface area contributed by atoms with E-state index in [1.807, 2.05) is 37.3 Å². The van der Waals surface area contributed by atoms with E-state index in [1.54, 1.807) is 0 Å². The molecule has 1 atom stereocenters. The third-order valence-electron chi connectivity index (χ3n) is 4.63. The predicted molar refractivity (Wildman–Crippen MR) is 88.7 cm³/mol. The van der Waals surface area contributed by atoms with E-state index < -0.39 is 0 Å². The van der Waals surface area contributed by atoms with Gasteiger partial charge in [0.05, 0.1) is 5.52 Å². The number of benzene rings is 1. The maximum absolute atomic E-state index is 12.5. The number of hydrogen-bond donors (Lipinski definition) is 2. The summed E-state index contributed by atoms with van der Waals surface area (Å²) in [6.07, 6.45) is 4.84. The zero-order valence-electron chi connectivity index (χ0n) is 13.0. The molecule has 1 heterocycles. The summed E-state index contributed by atoms with van der Waals surface area (Å²) in [4.78, 5) is 17.0. The summed E-state index contributed by atoms with van der Waals surface area (Å²) in [6.45, 7) is 2.47. The van der Waals surface area contributed by atoms with Crippen molar-refractivity contribution in [3.8, 4) is 0 Å². The standard InChI is InChI=1S/C18H23N3O/c1-12-6-7-14-10-15(8-9-16(14)20-12)18(22)21-17(11-19)13-4-2-3-5-13/h6-10,13,17H,2-5,11,19H2,1H3,(H,21,22). The molecule has 0 radical (unpaired) electrons. The minimum Gasteiger partial charge on any atom is -0.348 e. The Hall–Kier alpha value is -1.94. The van der Waals surface area contributed by atoms with Gasteiger partial charge in [0.1, 0.15) is 0 Å². The van der Waals surface area contributed by atoms with Crippen LogP contribution in [0.1, 0.15) is 41.7 Å². The molecule has 1 aliphatic carbocycles. The van der Waals surface area contributed by atoms with Crippen LogP contribution in [0, 0.1) is 12.8 Å². The summed E-state index contributed by atoms with van der Waals surface area (Å²) in [5.41, 5.74) is 8.44. The molecule has 3 rings (SSSR count). The highest BCUT2D eigenvalue weighted by molar-refractivity contribution is 5.98. The van der Waals surface area contributed by atoms with Crippen molar-refractivity contribution in [3.05, 3.63) is 41.6 Å². The van der Waals surface area contributed by atoms with Gasteiger partial charge >= 0.3 is 0 Å². The molecule has 0 bridgehead atoms. The second-order valence-electron chi connectivity index (χ2n) is 6.22. The van der Waals surface area contributed by atoms with Crippen LogP contribution in [-0.2, 0) is 0 Å². The molecule has 1 amide bonds. The number of carbonyl (C=O) groups is 1. The van der Waals surface area contributed by atoms with Crippen molar-refractivity contribution in [3.63, 3.8) is 0 Å². The van der Waals surface area contributed by atoms with E-state index in [1.165, 1.54) is 25.7 Å². The van der Waals surface area contributed by atoms with Gasteiger partial charge in [0, 0.05) is 29.2 Å². The fraction of sp³-hybridized carbons (Fsp3) is 0.444. The van der Waals surface area contributed by atoms with Gasteiger partial charge in [-0.2, -0.15) is 0 Å². The van der Waals surface area contributed by atoms with Gasteiger partial charge in [-0.05, 0) is 49.9 Å². The van der Waals surface area contributed by atoms with E-state index in [-0.39, 0.29) is 11.9 Å². The highest BCUT2D eigenvalue weighted by atomic mass is 16.1. The number of aromatic nitrogens is 1. The van der Waals surface area contributed by atoms with Crippen LogP contribution in [0.4, 0.5) is 0 Å². The summed E-state index contributed by atoms with van der Waals surface area (Å²) in [6, 6.07) is 9.70. The summed E-state index contributed by atoms with van der Waals surface area (Å²) >= 11 is 0. The number of amides is 1. The van der Waals surface area contributed by atoms with Gasteiger partial charge in [-0.3, -0.25) is 9.78 Å². The number of pyridine rings is 1. The molecule has 1 unspecified atom stereocenters. The summed E-state index contributed by atoms with van der Waals surface area (Å²) in [7, 11) is 0. The van der Waals surface area contributed by atoms with Crippen LogP contribution in [0.3, 0.4) is 0 Å². The lowest BCUT2D eigenvalue weighted by atomic mass is 9.97. The van der Waals surface area contributed by atoms with Crippen molar-refractivity contribution in [2.45, 2.75) is 38.6 Å². The third kappa shape index (κ3) is 3.12. The Balaban J connectivity index is 1.77. The van der Waals surface area contributed by atoms with Crippen LogP contribution >= 0.6 is 0 Å². The zero-order chi connectivity index (χ0) is 15.5. The molecule has 116 valence electrons. The summed E-state index contributed by atoms with van der Waals surface area (Å²) in [5, 5.41) is 4.11. The van der Waals surface area contributed by atoms with Crippen LogP contribution in [0.15, 0.2) is 30.3 Å². The molecule has 1 aromatic carbocycles. The second-order valence-corrected chi connectivity index (χ2v) is 6.22. The van der Waals surface area contributed by atoms with Crippen molar-refractivity contribution in [1.29, 1.82) is 0 Å². The molecule has 4 heteroatoms. The Kier molecular flexibility index (Phi) is 4.39. The molecule has 2 aromatic rings. The number of nitrogens with zero attached hydrogens (tertiary/aromatic N) is 1. The lowest BCUT2D eigenvalue weighted by Gasteiger charge is -2.23. The lowest BCUT2D eigenvalue weighted by Crippen LogP contribution is -2.44. The van der Waals surface area contributed by atoms with Gasteiger partial charge in [-0.25, -0.2) is 0 Å². The number of hydrogen-bond acceptors (Lipinski definition) is 3. The fourth-order valence-corrected chi connectivity index (χ4v) is 3.35. The Morgan fingerprint density at radius 1 is 1.32 bits per heavy atom. The lowest BCUT2D eigenvalue weighted by molar-refractivity contribution is 0.0924. The average molecular weight is 297 g/mol. The molecule has 1 saturated carbocycles. The van der Waals surface area contributed by atoms with Gasteiger partial charge in [0.2, 0.25) is 0 Å². The topological polar surface area (TPSA) is 68.0 Å². The average Bonchev–Trinajstić information content (AvgIpc) is 3.06. The first kappa shape index (κ1) is 15.0. The van der Waals surface area contributed by atoms with Crippen molar-refractivity contribution < 1.29 is 4.79 Å². The fourth-order valence-electron chi connectivity index (χ4n) is 3.35. The van der Waals surface area contributed by atoms with E-state index in [9.17, 15) is 4.79 Å². The van der Waals surface area contributed by atoms with E-state index in [0.29, 0.717) is 18.0 Å². The molecule has 1 aromatic heterocycles. The predicted octanol–water partition coefficient (Wildman–Crippen LogP) is 2.79. The number of aryl methyl sites for hydroxylation is 1. The first-order valence-electron chi connectivity index (χ1n) is 8.06. The molecule has 22 heavy (non-hydrogen) atoms. The quantitative estimate of drug-likeness (QED) is 0.912. The first-order valence-corrected chi connectivity index (χ1v) is 8.06. The SMILES string of the molecule is Cc1ccc2cc(C(=O)NC(CN)C3CCCC3)ccc2n1. The number of carbonyl (C=O) groups excluding carboxylic acids is 1. The molecule has 1 aliphatic rings. The van der Waals surface area contributed by atoms with Gasteiger partial charge in [-0.1, -0.05) is 18.9 Å². The molecule has 4 nitrogen and oxygen atoms in total. The van der Waals surface area contributed by atoms with Crippen LogP contribution in [-0.4, -0.2) is 23.5 Å². The monoisotopic (exact) mass is 297 g/mol. The van der Waals surface area contributed by atoms with E-state index in [2.05, 4.69) is 10.3 Å². The van der Waals surface area contributed by atoms with Gasteiger partial charge in [0.15, 0.2) is 0 Å². The maximum Gasteiger partial charge on any atom is 0.251 e.